The number of hydrogen-bond donors (Lipinski definition) is 0. The van der Waals surface area contributed by atoms with Crippen LogP contribution in [0.4, 0.5) is 0 Å². The molecule has 0 amide bonds. The Bertz CT molecular complexity index is 366. The summed E-state index contributed by atoms with van der Waals surface area (Å²) in [5.74, 6) is -3.63. The fourth-order valence-electron chi connectivity index (χ4n) is 0.400. The average molecular weight is 226 g/mol. The molecule has 0 fully saturated rings. The van der Waals surface area contributed by atoms with Gasteiger partial charge in [-0.3, -0.25) is 0 Å². The van der Waals surface area contributed by atoms with Crippen molar-refractivity contribution in [2.45, 2.75) is 6.92 Å². The fraction of sp³-hybridized carbons (Fsp3) is 0.100. The van der Waals surface area contributed by atoms with Crippen molar-refractivity contribution in [2.75, 3.05) is 0 Å². The monoisotopic (exact) mass is 226 g/mol. The molecule has 0 aliphatic rings. The molecule has 0 aromatic heterocycles. The van der Waals surface area contributed by atoms with Crippen LogP contribution >= 0.6 is 0 Å². The lowest BCUT2D eigenvalue weighted by molar-refractivity contribution is -0.253. The lowest BCUT2D eigenvalue weighted by atomic mass is 10.4. The van der Waals surface area contributed by atoms with Gasteiger partial charge in [0.15, 0.2) is 0 Å². The van der Waals surface area contributed by atoms with Gasteiger partial charge in [-0.1, -0.05) is 13.2 Å². The molecule has 0 radical (unpaired) electrons. The van der Waals surface area contributed by atoms with E-state index in [4.69, 9.17) is 0 Å². The van der Waals surface area contributed by atoms with Gasteiger partial charge in [-0.2, -0.15) is 0 Å². The zero-order valence-corrected chi connectivity index (χ0v) is 8.65. The number of carbonyl (C=O) groups is 3. The maximum atomic E-state index is 11.0. The van der Waals surface area contributed by atoms with E-state index in [1.165, 1.54) is 6.92 Å². The van der Waals surface area contributed by atoms with Crippen LogP contribution in [0.1, 0.15) is 6.92 Å². The molecule has 0 atom stereocenters. The summed E-state index contributed by atoms with van der Waals surface area (Å²) in [5, 5.41) is 0. The summed E-state index contributed by atoms with van der Waals surface area (Å²) in [7, 11) is 0. The van der Waals surface area contributed by atoms with Crippen LogP contribution in [0.25, 0.3) is 0 Å². The molecular formula is C10H10O6. The van der Waals surface area contributed by atoms with Gasteiger partial charge < -0.3 is 4.74 Å². The minimum absolute atomic E-state index is 0.0806. The average Bonchev–Trinajstić information content (AvgIpc) is 2.24. The van der Waals surface area contributed by atoms with Gasteiger partial charge in [0.05, 0.1) is 0 Å². The normalized spacial score (nSPS) is 8.56. The van der Waals surface area contributed by atoms with E-state index < -0.39 is 23.7 Å². The van der Waals surface area contributed by atoms with Gasteiger partial charge in [-0.25, -0.2) is 24.2 Å². The largest absolute Gasteiger partial charge is 0.420 e. The van der Waals surface area contributed by atoms with Gasteiger partial charge in [0.2, 0.25) is 5.76 Å². The molecular weight excluding hydrogens is 216 g/mol. The highest BCUT2D eigenvalue weighted by molar-refractivity contribution is 5.94. The molecule has 0 heterocycles. The smallest absolute Gasteiger partial charge is 0.416 e. The van der Waals surface area contributed by atoms with Crippen molar-refractivity contribution in [1.82, 2.24) is 0 Å². The molecule has 0 unspecified atom stereocenters. The number of carbonyl (C=O) groups excluding carboxylic acids is 3. The number of rotatable bonds is 4. The van der Waals surface area contributed by atoms with Crippen molar-refractivity contribution in [3.8, 4) is 0 Å². The van der Waals surface area contributed by atoms with Crippen molar-refractivity contribution in [1.29, 1.82) is 0 Å². The fourth-order valence-corrected chi connectivity index (χ4v) is 0.400. The van der Waals surface area contributed by atoms with E-state index in [9.17, 15) is 14.4 Å². The van der Waals surface area contributed by atoms with Crippen molar-refractivity contribution < 1.29 is 28.9 Å². The molecule has 0 rings (SSSR count). The van der Waals surface area contributed by atoms with Gasteiger partial charge in [0, 0.05) is 11.6 Å². The lowest BCUT2D eigenvalue weighted by Crippen LogP contribution is -2.15. The van der Waals surface area contributed by atoms with E-state index in [1.807, 2.05) is 0 Å². The van der Waals surface area contributed by atoms with E-state index in [-0.39, 0.29) is 5.57 Å². The molecule has 0 aliphatic carbocycles. The molecule has 0 bridgehead atoms. The Balaban J connectivity index is 4.15. The molecule has 0 spiro atoms. The zero-order valence-electron chi connectivity index (χ0n) is 8.65. The van der Waals surface area contributed by atoms with Gasteiger partial charge in [-0.05, 0) is 13.5 Å². The van der Waals surface area contributed by atoms with Gasteiger partial charge in [0.25, 0.3) is 0 Å². The number of esters is 1. The first-order valence-electron chi connectivity index (χ1n) is 4.00. The second-order valence-corrected chi connectivity index (χ2v) is 2.57. The predicted octanol–water partition coefficient (Wildman–Crippen LogP) is 0.807. The van der Waals surface area contributed by atoms with E-state index in [2.05, 4.69) is 34.2 Å². The van der Waals surface area contributed by atoms with Crippen LogP contribution in [0, 0.1) is 0 Å². The third-order valence-electron chi connectivity index (χ3n) is 1.16. The van der Waals surface area contributed by atoms with Crippen molar-refractivity contribution >= 4 is 17.9 Å². The summed E-state index contributed by atoms with van der Waals surface area (Å²) in [6.07, 6.45) is 0.788. The summed E-state index contributed by atoms with van der Waals surface area (Å²) < 4.78 is 4.41. The second-order valence-electron chi connectivity index (χ2n) is 2.57. The topological polar surface area (TPSA) is 78.9 Å². The van der Waals surface area contributed by atoms with Crippen molar-refractivity contribution in [3.05, 3.63) is 37.1 Å². The number of hydrogen-bond acceptors (Lipinski definition) is 6. The molecule has 6 heteroatoms. The summed E-state index contributed by atoms with van der Waals surface area (Å²) in [4.78, 5) is 40.3. The Morgan fingerprint density at radius 2 is 1.62 bits per heavy atom. The first-order valence-corrected chi connectivity index (χ1v) is 4.00. The Morgan fingerprint density at radius 1 is 1.06 bits per heavy atom. The molecule has 0 aliphatic heterocycles. The van der Waals surface area contributed by atoms with E-state index in [0.29, 0.717) is 0 Å². The number of ether oxygens (including phenoxy) is 1. The highest BCUT2D eigenvalue weighted by Gasteiger charge is 2.17. The van der Waals surface area contributed by atoms with Gasteiger partial charge >= 0.3 is 17.9 Å². The molecule has 0 aromatic carbocycles. The molecule has 86 valence electrons. The van der Waals surface area contributed by atoms with Gasteiger partial charge in [0.1, 0.15) is 0 Å². The minimum Gasteiger partial charge on any atom is -0.416 e. The van der Waals surface area contributed by atoms with E-state index >= 15 is 0 Å². The quantitative estimate of drug-likeness (QED) is 0.232. The molecule has 0 saturated heterocycles. The highest BCUT2D eigenvalue weighted by Crippen LogP contribution is 2.02. The zero-order chi connectivity index (χ0) is 12.7. The van der Waals surface area contributed by atoms with Crippen molar-refractivity contribution in [3.63, 3.8) is 0 Å². The third kappa shape index (κ3) is 4.75. The third-order valence-corrected chi connectivity index (χ3v) is 1.16. The Kier molecular flexibility index (Phi) is 5.26. The van der Waals surface area contributed by atoms with Crippen LogP contribution in [0.15, 0.2) is 37.1 Å². The van der Waals surface area contributed by atoms with Crippen LogP contribution in [-0.4, -0.2) is 17.9 Å². The SMILES string of the molecule is C=CC(=O)OOC(=O)C(=C)OC(=O)C(=C)C. The van der Waals surface area contributed by atoms with Crippen LogP contribution in [0.2, 0.25) is 0 Å². The van der Waals surface area contributed by atoms with Crippen LogP contribution < -0.4 is 0 Å². The molecule has 16 heavy (non-hydrogen) atoms. The molecule has 0 aromatic rings. The Labute approximate surface area is 91.7 Å². The van der Waals surface area contributed by atoms with E-state index in [1.54, 1.807) is 0 Å². The maximum absolute atomic E-state index is 11.0. The summed E-state index contributed by atoms with van der Waals surface area (Å²) in [6, 6.07) is 0. The predicted molar refractivity (Wildman–Crippen MR) is 52.4 cm³/mol. The standard InChI is InChI=1S/C10H10O6/c1-5-8(11)15-16-10(13)7(4)14-9(12)6(2)3/h5H,1-2,4H2,3H3. The Hall–Kier alpha value is -2.37. The first kappa shape index (κ1) is 13.6. The minimum atomic E-state index is -1.20. The van der Waals surface area contributed by atoms with Gasteiger partial charge in [-0.15, -0.1) is 0 Å². The maximum Gasteiger partial charge on any atom is 0.420 e. The molecule has 0 saturated carbocycles. The van der Waals surface area contributed by atoms with Crippen molar-refractivity contribution in [2.24, 2.45) is 0 Å². The van der Waals surface area contributed by atoms with Crippen LogP contribution in [0.3, 0.4) is 0 Å². The lowest BCUT2D eigenvalue weighted by Gasteiger charge is -2.04. The van der Waals surface area contributed by atoms with Crippen LogP contribution in [-0.2, 0) is 28.9 Å². The summed E-state index contributed by atoms with van der Waals surface area (Å²) >= 11 is 0. The molecule has 6 nitrogen and oxygen atoms in total. The summed E-state index contributed by atoms with van der Waals surface area (Å²) in [6.45, 7) is 10.9. The second kappa shape index (κ2) is 6.18. The Morgan fingerprint density at radius 3 is 2.06 bits per heavy atom. The highest BCUT2D eigenvalue weighted by atomic mass is 17.2. The first-order chi connectivity index (χ1) is 7.38. The van der Waals surface area contributed by atoms with Crippen LogP contribution in [0.5, 0.6) is 0 Å². The van der Waals surface area contributed by atoms with E-state index in [0.717, 1.165) is 6.08 Å². The molecule has 0 N–H and O–H groups in total. The summed E-state index contributed by atoms with van der Waals surface area (Å²) in [5.41, 5.74) is 0.0806.